The molecule has 0 spiro atoms. The molecule has 4 nitrogen and oxygen atoms in total. The first kappa shape index (κ1) is 14.5. The Labute approximate surface area is 119 Å². The van der Waals surface area contributed by atoms with E-state index < -0.39 is 0 Å². The van der Waals surface area contributed by atoms with Crippen molar-refractivity contribution in [2.75, 3.05) is 20.3 Å². The van der Waals surface area contributed by atoms with Crippen LogP contribution in [0.25, 0.3) is 10.9 Å². The summed E-state index contributed by atoms with van der Waals surface area (Å²) in [4.78, 5) is 16.9. The molecular formula is C16H20N2O2. The highest BCUT2D eigenvalue weighted by atomic mass is 16.5. The van der Waals surface area contributed by atoms with Gasteiger partial charge in [0.2, 0.25) is 0 Å². The van der Waals surface area contributed by atoms with Crippen LogP contribution in [-0.2, 0) is 4.74 Å². The molecule has 0 saturated carbocycles. The Morgan fingerprint density at radius 1 is 1.25 bits per heavy atom. The molecule has 0 aliphatic heterocycles. The van der Waals surface area contributed by atoms with E-state index in [0.29, 0.717) is 18.7 Å². The lowest BCUT2D eigenvalue weighted by Crippen LogP contribution is -2.27. The van der Waals surface area contributed by atoms with Gasteiger partial charge < -0.3 is 10.1 Å². The minimum atomic E-state index is -0.0810. The van der Waals surface area contributed by atoms with E-state index >= 15 is 0 Å². The molecule has 4 heteroatoms. The number of pyridine rings is 1. The number of ether oxygens (including phenoxy) is 1. The largest absolute Gasteiger partial charge is 0.383 e. The van der Waals surface area contributed by atoms with E-state index in [4.69, 9.17) is 4.74 Å². The number of fused-ring (bicyclic) bond motifs is 1. The normalized spacial score (nSPS) is 10.8. The van der Waals surface area contributed by atoms with Crippen LogP contribution >= 0.6 is 0 Å². The van der Waals surface area contributed by atoms with E-state index in [9.17, 15) is 4.79 Å². The van der Waals surface area contributed by atoms with Gasteiger partial charge in [-0.2, -0.15) is 0 Å². The van der Waals surface area contributed by atoms with Crippen molar-refractivity contribution in [3.8, 4) is 0 Å². The van der Waals surface area contributed by atoms with Gasteiger partial charge in [-0.3, -0.25) is 9.78 Å². The Hall–Kier alpha value is -1.94. The first-order valence-electron chi connectivity index (χ1n) is 6.68. The van der Waals surface area contributed by atoms with Gasteiger partial charge in [0.15, 0.2) is 0 Å². The van der Waals surface area contributed by atoms with Gasteiger partial charge in [-0.05, 0) is 38.5 Å². The highest BCUT2D eigenvalue weighted by molar-refractivity contribution is 6.07. The summed E-state index contributed by atoms with van der Waals surface area (Å²) in [6.07, 6.45) is 0. The average molecular weight is 272 g/mol. The summed E-state index contributed by atoms with van der Waals surface area (Å²) in [7, 11) is 1.62. The fourth-order valence-corrected chi connectivity index (χ4v) is 2.36. The van der Waals surface area contributed by atoms with Gasteiger partial charge in [0, 0.05) is 24.7 Å². The molecule has 106 valence electrons. The third-order valence-electron chi connectivity index (χ3n) is 3.21. The Balaban J connectivity index is 2.49. The summed E-state index contributed by atoms with van der Waals surface area (Å²) in [6, 6.07) is 5.94. The second-order valence-corrected chi connectivity index (χ2v) is 5.04. The number of carbonyl (C=O) groups excluding carboxylic acids is 1. The van der Waals surface area contributed by atoms with Crippen LogP contribution in [0.2, 0.25) is 0 Å². The van der Waals surface area contributed by atoms with Gasteiger partial charge >= 0.3 is 0 Å². The fourth-order valence-electron chi connectivity index (χ4n) is 2.36. The first-order chi connectivity index (χ1) is 9.52. The third kappa shape index (κ3) is 2.96. The highest BCUT2D eigenvalue weighted by Gasteiger charge is 2.13. The van der Waals surface area contributed by atoms with Crippen molar-refractivity contribution in [1.29, 1.82) is 0 Å². The number of aryl methyl sites for hydroxylation is 3. The number of hydrogen-bond donors (Lipinski definition) is 1. The zero-order chi connectivity index (χ0) is 14.7. The smallest absolute Gasteiger partial charge is 0.252 e. The van der Waals surface area contributed by atoms with Crippen molar-refractivity contribution in [2.24, 2.45) is 0 Å². The van der Waals surface area contributed by atoms with Crippen molar-refractivity contribution in [3.63, 3.8) is 0 Å². The molecule has 2 rings (SSSR count). The third-order valence-corrected chi connectivity index (χ3v) is 3.21. The first-order valence-corrected chi connectivity index (χ1v) is 6.68. The summed E-state index contributed by atoms with van der Waals surface area (Å²) >= 11 is 0. The van der Waals surface area contributed by atoms with Crippen LogP contribution in [0.4, 0.5) is 0 Å². The number of carbonyl (C=O) groups is 1. The topological polar surface area (TPSA) is 51.2 Å². The standard InChI is InChI=1S/C16H20N2O2/c1-10-7-11(2)15-13(8-10)14(9-12(3)18-15)16(19)17-5-6-20-4/h7-9H,5-6H2,1-4H3,(H,17,19). The molecule has 1 heterocycles. The summed E-state index contributed by atoms with van der Waals surface area (Å²) in [5.41, 5.74) is 4.64. The molecule has 0 aliphatic rings. The second-order valence-electron chi connectivity index (χ2n) is 5.04. The number of hydrogen-bond acceptors (Lipinski definition) is 3. The molecule has 0 unspecified atom stereocenters. The lowest BCUT2D eigenvalue weighted by atomic mass is 10.0. The van der Waals surface area contributed by atoms with Crippen molar-refractivity contribution in [3.05, 3.63) is 40.6 Å². The maximum atomic E-state index is 12.3. The average Bonchev–Trinajstić information content (AvgIpc) is 2.39. The summed E-state index contributed by atoms with van der Waals surface area (Å²) < 4.78 is 4.95. The fraction of sp³-hybridized carbons (Fsp3) is 0.375. The number of benzene rings is 1. The number of nitrogens with one attached hydrogen (secondary N) is 1. The van der Waals surface area contributed by atoms with E-state index in [-0.39, 0.29) is 5.91 Å². The second kappa shape index (κ2) is 6.01. The molecule has 0 atom stereocenters. The summed E-state index contributed by atoms with van der Waals surface area (Å²) in [5.74, 6) is -0.0810. The van der Waals surface area contributed by atoms with Crippen LogP contribution < -0.4 is 5.32 Å². The van der Waals surface area contributed by atoms with Crippen LogP contribution in [0, 0.1) is 20.8 Å². The van der Waals surface area contributed by atoms with Gasteiger partial charge in [0.1, 0.15) is 0 Å². The minimum Gasteiger partial charge on any atom is -0.383 e. The molecule has 1 aromatic carbocycles. The van der Waals surface area contributed by atoms with Crippen LogP contribution in [0.3, 0.4) is 0 Å². The van der Waals surface area contributed by atoms with Crippen LogP contribution in [0.15, 0.2) is 18.2 Å². The lowest BCUT2D eigenvalue weighted by molar-refractivity contribution is 0.0938. The molecule has 0 aliphatic carbocycles. The molecular weight excluding hydrogens is 252 g/mol. The molecule has 1 amide bonds. The van der Waals surface area contributed by atoms with E-state index in [2.05, 4.69) is 16.4 Å². The van der Waals surface area contributed by atoms with Gasteiger partial charge in [0.05, 0.1) is 17.7 Å². The van der Waals surface area contributed by atoms with Crippen molar-refractivity contribution >= 4 is 16.8 Å². The quantitative estimate of drug-likeness (QED) is 0.870. The molecule has 20 heavy (non-hydrogen) atoms. The molecule has 0 fully saturated rings. The van der Waals surface area contributed by atoms with Gasteiger partial charge in [-0.15, -0.1) is 0 Å². The predicted octanol–water partition coefficient (Wildman–Crippen LogP) is 2.54. The zero-order valence-electron chi connectivity index (χ0n) is 12.4. The minimum absolute atomic E-state index is 0.0810. The molecule has 0 saturated heterocycles. The Bertz CT molecular complexity index is 650. The zero-order valence-corrected chi connectivity index (χ0v) is 12.4. The summed E-state index contributed by atoms with van der Waals surface area (Å²) in [5, 5.41) is 3.77. The van der Waals surface area contributed by atoms with Crippen LogP contribution in [-0.4, -0.2) is 31.2 Å². The lowest BCUT2D eigenvalue weighted by Gasteiger charge is -2.11. The number of aromatic nitrogens is 1. The predicted molar refractivity (Wildman–Crippen MR) is 80.2 cm³/mol. The van der Waals surface area contributed by atoms with Crippen molar-refractivity contribution in [2.45, 2.75) is 20.8 Å². The summed E-state index contributed by atoms with van der Waals surface area (Å²) in [6.45, 7) is 6.97. The van der Waals surface area contributed by atoms with Crippen LogP contribution in [0.1, 0.15) is 27.2 Å². The van der Waals surface area contributed by atoms with Gasteiger partial charge in [-0.25, -0.2) is 0 Å². The van der Waals surface area contributed by atoms with E-state index in [1.54, 1.807) is 7.11 Å². The molecule has 0 radical (unpaired) electrons. The van der Waals surface area contributed by atoms with Crippen molar-refractivity contribution in [1.82, 2.24) is 10.3 Å². The van der Waals surface area contributed by atoms with E-state index in [0.717, 1.165) is 27.7 Å². The maximum absolute atomic E-state index is 12.3. The molecule has 0 bridgehead atoms. The number of rotatable bonds is 4. The van der Waals surface area contributed by atoms with E-state index in [1.165, 1.54) is 0 Å². The number of nitrogens with zero attached hydrogens (tertiary/aromatic N) is 1. The highest BCUT2D eigenvalue weighted by Crippen LogP contribution is 2.23. The van der Waals surface area contributed by atoms with Gasteiger partial charge in [-0.1, -0.05) is 11.6 Å². The van der Waals surface area contributed by atoms with Crippen LogP contribution in [0.5, 0.6) is 0 Å². The Kier molecular flexibility index (Phi) is 4.35. The molecule has 1 aromatic heterocycles. The van der Waals surface area contributed by atoms with Crippen molar-refractivity contribution < 1.29 is 9.53 Å². The molecule has 1 N–H and O–H groups in total. The Morgan fingerprint density at radius 3 is 2.70 bits per heavy atom. The van der Waals surface area contributed by atoms with E-state index in [1.807, 2.05) is 32.9 Å². The number of amides is 1. The molecule has 2 aromatic rings. The monoisotopic (exact) mass is 272 g/mol. The maximum Gasteiger partial charge on any atom is 0.252 e. The van der Waals surface area contributed by atoms with Gasteiger partial charge in [0.25, 0.3) is 5.91 Å². The Morgan fingerprint density at radius 2 is 2.00 bits per heavy atom. The number of methoxy groups -OCH3 is 1. The SMILES string of the molecule is COCCNC(=O)c1cc(C)nc2c(C)cc(C)cc12.